The van der Waals surface area contributed by atoms with Gasteiger partial charge in [-0.05, 0) is 53.6 Å². The summed E-state index contributed by atoms with van der Waals surface area (Å²) in [5, 5.41) is 0. The van der Waals surface area contributed by atoms with Crippen molar-refractivity contribution in [2.75, 3.05) is 33.3 Å². The summed E-state index contributed by atoms with van der Waals surface area (Å²) in [5.41, 5.74) is 2.77. The molecule has 5 nitrogen and oxygen atoms in total. The van der Waals surface area contributed by atoms with Crippen molar-refractivity contribution >= 4 is 12.0 Å². The molecule has 1 heterocycles. The topological polar surface area (TPSA) is 42.0 Å². The minimum absolute atomic E-state index is 0.0108. The van der Waals surface area contributed by atoms with Gasteiger partial charge in [0, 0.05) is 44.4 Å². The minimum atomic E-state index is -0.218. The second kappa shape index (κ2) is 11.5. The average Bonchev–Trinajstić information content (AvgIpc) is 2.87. The fourth-order valence-electron chi connectivity index (χ4n) is 3.99. The second-order valence-electron chi connectivity index (χ2n) is 8.24. The third kappa shape index (κ3) is 6.45. The number of hydrogen-bond donors (Lipinski definition) is 0. The molecule has 1 aliphatic heterocycles. The molecular weight excluding hydrogens is 431 g/mol. The van der Waals surface area contributed by atoms with E-state index < -0.39 is 0 Å². The molecule has 1 amide bonds. The number of carbonyl (C=O) groups excluding carboxylic acids is 1. The Kier molecular flexibility index (Phi) is 7.94. The molecule has 3 aromatic rings. The molecule has 1 aliphatic rings. The Morgan fingerprint density at radius 3 is 2.50 bits per heavy atom. The first kappa shape index (κ1) is 23.5. The monoisotopic (exact) mass is 460 g/mol. The van der Waals surface area contributed by atoms with Crippen molar-refractivity contribution in [3.63, 3.8) is 0 Å². The van der Waals surface area contributed by atoms with Crippen molar-refractivity contribution in [2.45, 2.75) is 13.2 Å². The summed E-state index contributed by atoms with van der Waals surface area (Å²) in [5.74, 6) is 1.30. The summed E-state index contributed by atoms with van der Waals surface area (Å²) in [6.45, 7) is 3.89. The number of rotatable bonds is 8. The van der Waals surface area contributed by atoms with E-state index in [0.717, 1.165) is 41.3 Å². The van der Waals surface area contributed by atoms with E-state index in [2.05, 4.69) is 4.90 Å². The molecule has 3 aromatic carbocycles. The molecule has 34 heavy (non-hydrogen) atoms. The summed E-state index contributed by atoms with van der Waals surface area (Å²) in [4.78, 5) is 16.8. The number of piperazine rings is 1. The number of nitrogens with zero attached hydrogens (tertiary/aromatic N) is 2. The second-order valence-corrected chi connectivity index (χ2v) is 8.24. The molecule has 0 N–H and O–H groups in total. The first-order valence-corrected chi connectivity index (χ1v) is 11.4. The third-order valence-electron chi connectivity index (χ3n) is 5.84. The number of para-hydroxylation sites is 1. The van der Waals surface area contributed by atoms with Gasteiger partial charge < -0.3 is 14.4 Å². The number of hydrogen-bond acceptors (Lipinski definition) is 4. The van der Waals surface area contributed by atoms with Gasteiger partial charge in [0.2, 0.25) is 5.91 Å². The summed E-state index contributed by atoms with van der Waals surface area (Å²) >= 11 is 0. The van der Waals surface area contributed by atoms with Crippen LogP contribution in [-0.4, -0.2) is 49.0 Å². The first-order chi connectivity index (χ1) is 16.6. The lowest BCUT2D eigenvalue weighted by Crippen LogP contribution is -2.47. The highest BCUT2D eigenvalue weighted by atomic mass is 19.1. The van der Waals surface area contributed by atoms with Crippen molar-refractivity contribution in [3.8, 4) is 11.5 Å². The SMILES string of the molecule is COc1ccc(/C=C/C(=O)N2CCN(Cc3cccc(F)c3)CC2)cc1COc1ccccc1. The highest BCUT2D eigenvalue weighted by molar-refractivity contribution is 5.91. The zero-order valence-corrected chi connectivity index (χ0v) is 19.3. The van der Waals surface area contributed by atoms with Gasteiger partial charge in [0.25, 0.3) is 0 Å². The molecule has 0 saturated carbocycles. The van der Waals surface area contributed by atoms with E-state index in [4.69, 9.17) is 9.47 Å². The average molecular weight is 461 g/mol. The molecule has 0 aromatic heterocycles. The quantitative estimate of drug-likeness (QED) is 0.454. The van der Waals surface area contributed by atoms with Crippen LogP contribution in [0.2, 0.25) is 0 Å². The van der Waals surface area contributed by atoms with E-state index in [9.17, 15) is 9.18 Å². The van der Waals surface area contributed by atoms with Crippen LogP contribution in [-0.2, 0) is 17.9 Å². The van der Waals surface area contributed by atoms with Crippen LogP contribution in [0.3, 0.4) is 0 Å². The number of ether oxygens (including phenoxy) is 2. The molecule has 0 unspecified atom stereocenters. The van der Waals surface area contributed by atoms with Gasteiger partial charge in [0.15, 0.2) is 0 Å². The van der Waals surface area contributed by atoms with Gasteiger partial charge in [-0.3, -0.25) is 9.69 Å². The molecule has 4 rings (SSSR count). The highest BCUT2D eigenvalue weighted by Crippen LogP contribution is 2.23. The fraction of sp³-hybridized carbons (Fsp3) is 0.250. The van der Waals surface area contributed by atoms with Crippen LogP contribution in [0.5, 0.6) is 11.5 Å². The Bertz CT molecular complexity index is 1130. The number of benzene rings is 3. The van der Waals surface area contributed by atoms with Crippen molar-refractivity contribution in [2.24, 2.45) is 0 Å². The molecule has 0 bridgehead atoms. The Balaban J connectivity index is 1.31. The number of carbonyl (C=O) groups is 1. The largest absolute Gasteiger partial charge is 0.496 e. The first-order valence-electron chi connectivity index (χ1n) is 11.4. The lowest BCUT2D eigenvalue weighted by molar-refractivity contribution is -0.127. The maximum atomic E-state index is 13.4. The highest BCUT2D eigenvalue weighted by Gasteiger charge is 2.19. The summed E-state index contributed by atoms with van der Waals surface area (Å²) < 4.78 is 24.7. The van der Waals surface area contributed by atoms with Crippen LogP contribution < -0.4 is 9.47 Å². The van der Waals surface area contributed by atoms with Crippen LogP contribution in [0.1, 0.15) is 16.7 Å². The van der Waals surface area contributed by atoms with E-state index in [1.165, 1.54) is 6.07 Å². The van der Waals surface area contributed by atoms with Gasteiger partial charge in [-0.2, -0.15) is 0 Å². The molecule has 176 valence electrons. The normalized spacial score (nSPS) is 14.4. The zero-order valence-electron chi connectivity index (χ0n) is 19.3. The van der Waals surface area contributed by atoms with Crippen LogP contribution in [0, 0.1) is 5.82 Å². The van der Waals surface area contributed by atoms with Crippen LogP contribution >= 0.6 is 0 Å². The van der Waals surface area contributed by atoms with E-state index in [1.807, 2.05) is 65.6 Å². The van der Waals surface area contributed by atoms with Gasteiger partial charge in [-0.1, -0.05) is 36.4 Å². The number of amides is 1. The molecule has 6 heteroatoms. The molecule has 1 saturated heterocycles. The Morgan fingerprint density at radius 1 is 0.971 bits per heavy atom. The molecule has 1 fully saturated rings. The smallest absolute Gasteiger partial charge is 0.246 e. The lowest BCUT2D eigenvalue weighted by atomic mass is 10.1. The maximum absolute atomic E-state index is 13.4. The van der Waals surface area contributed by atoms with Crippen molar-refractivity contribution in [1.29, 1.82) is 0 Å². The predicted octanol–water partition coefficient (Wildman–Crippen LogP) is 4.77. The molecule has 0 atom stereocenters. The lowest BCUT2D eigenvalue weighted by Gasteiger charge is -2.34. The van der Waals surface area contributed by atoms with E-state index in [0.29, 0.717) is 26.2 Å². The third-order valence-corrected chi connectivity index (χ3v) is 5.84. The van der Waals surface area contributed by atoms with Crippen LogP contribution in [0.15, 0.2) is 78.9 Å². The molecule has 0 spiro atoms. The standard InChI is InChI=1S/C28H29FN2O3/c1-33-27-12-10-22(18-24(27)21-34-26-8-3-2-4-9-26)11-13-28(32)31-16-14-30(15-17-31)20-23-6-5-7-25(29)19-23/h2-13,18-19H,14-17,20-21H2,1H3/b13-11+. The number of methoxy groups -OCH3 is 1. The van der Waals surface area contributed by atoms with E-state index in [1.54, 1.807) is 25.3 Å². The summed E-state index contributed by atoms with van der Waals surface area (Å²) in [7, 11) is 1.63. The Hall–Kier alpha value is -3.64. The van der Waals surface area contributed by atoms with Crippen LogP contribution in [0.25, 0.3) is 6.08 Å². The van der Waals surface area contributed by atoms with Crippen molar-refractivity contribution in [1.82, 2.24) is 9.80 Å². The van der Waals surface area contributed by atoms with Gasteiger partial charge >= 0.3 is 0 Å². The summed E-state index contributed by atoms with van der Waals surface area (Å²) in [6.07, 6.45) is 3.44. The molecular formula is C28H29FN2O3. The maximum Gasteiger partial charge on any atom is 0.246 e. The summed E-state index contributed by atoms with van der Waals surface area (Å²) in [6, 6.07) is 22.1. The minimum Gasteiger partial charge on any atom is -0.496 e. The Labute approximate surface area is 200 Å². The number of halogens is 1. The Morgan fingerprint density at radius 2 is 1.76 bits per heavy atom. The molecule has 0 aliphatic carbocycles. The molecule has 0 radical (unpaired) electrons. The van der Waals surface area contributed by atoms with Crippen molar-refractivity contribution < 1.29 is 18.7 Å². The van der Waals surface area contributed by atoms with Gasteiger partial charge in [-0.15, -0.1) is 0 Å². The van der Waals surface area contributed by atoms with Gasteiger partial charge in [0.05, 0.1) is 7.11 Å². The predicted molar refractivity (Wildman–Crippen MR) is 131 cm³/mol. The van der Waals surface area contributed by atoms with Gasteiger partial charge in [-0.25, -0.2) is 4.39 Å². The van der Waals surface area contributed by atoms with Crippen molar-refractivity contribution in [3.05, 3.63) is 101 Å². The van der Waals surface area contributed by atoms with E-state index >= 15 is 0 Å². The van der Waals surface area contributed by atoms with Crippen LogP contribution in [0.4, 0.5) is 4.39 Å². The van der Waals surface area contributed by atoms with Gasteiger partial charge in [0.1, 0.15) is 23.9 Å². The van der Waals surface area contributed by atoms with E-state index in [-0.39, 0.29) is 11.7 Å². The zero-order chi connectivity index (χ0) is 23.8. The fourth-order valence-corrected chi connectivity index (χ4v) is 3.99.